The van der Waals surface area contributed by atoms with Crippen LogP contribution in [-0.4, -0.2) is 6.71 Å². The fraction of sp³-hybridized carbons (Fsp3) is 0.0566. The maximum absolute atomic E-state index is 2.51. The Morgan fingerprint density at radius 3 is 1.54 bits per heavy atom. The molecule has 0 bridgehead atoms. The normalized spacial score (nSPS) is 13.0. The lowest BCUT2D eigenvalue weighted by molar-refractivity contribution is 0.641. The second-order valence-corrected chi connectivity index (χ2v) is 17.8. The molecular weight excluding hydrogens is 712 g/mol. The Bertz CT molecular complexity index is 2930. The van der Waals surface area contributed by atoms with E-state index in [0.717, 1.165) is 0 Å². The first-order valence-corrected chi connectivity index (χ1v) is 21.1. The third kappa shape index (κ3) is 5.33. The van der Waals surface area contributed by atoms with E-state index in [1.54, 1.807) is 0 Å². The van der Waals surface area contributed by atoms with Crippen molar-refractivity contribution in [3.05, 3.63) is 199 Å². The van der Waals surface area contributed by atoms with Gasteiger partial charge in [-0.1, -0.05) is 206 Å². The summed E-state index contributed by atoms with van der Waals surface area (Å²) in [6.07, 6.45) is 0. The first-order valence-electron chi connectivity index (χ1n) is 19.5. The minimum atomic E-state index is -0.111. The van der Waals surface area contributed by atoms with E-state index in [-0.39, 0.29) is 12.1 Å². The third-order valence-electron chi connectivity index (χ3n) is 12.1. The monoisotopic (exact) mass is 748 g/mol. The van der Waals surface area contributed by atoms with Gasteiger partial charge < -0.3 is 0 Å². The summed E-state index contributed by atoms with van der Waals surface area (Å²) in [5.41, 5.74) is 14.4. The van der Waals surface area contributed by atoms with Crippen LogP contribution in [0.2, 0.25) is 0 Å². The summed E-state index contributed by atoms with van der Waals surface area (Å²) in [6.45, 7) is 4.91. The highest BCUT2D eigenvalue weighted by atomic mass is 32.2. The van der Waals surface area contributed by atoms with E-state index in [4.69, 9.17) is 0 Å². The Labute approximate surface area is 337 Å². The Hall–Kier alpha value is -5.74. The second kappa shape index (κ2) is 13.2. The van der Waals surface area contributed by atoms with Crippen molar-refractivity contribution in [1.82, 2.24) is 0 Å². The predicted molar refractivity (Wildman–Crippen MR) is 242 cm³/mol. The minimum absolute atomic E-state index is 0.111. The molecule has 0 saturated heterocycles. The van der Waals surface area contributed by atoms with Gasteiger partial charge in [0.15, 0.2) is 0 Å². The fourth-order valence-electron chi connectivity index (χ4n) is 9.24. The topological polar surface area (TPSA) is 0 Å². The molecule has 0 nitrogen and oxygen atoms in total. The summed E-state index contributed by atoms with van der Waals surface area (Å²) < 4.78 is 0. The average Bonchev–Trinajstić information content (AvgIpc) is 3.25. The zero-order valence-electron chi connectivity index (χ0n) is 31.3. The van der Waals surface area contributed by atoms with E-state index in [9.17, 15) is 0 Å². The maximum Gasteiger partial charge on any atom is 0.247 e. The predicted octanol–water partition coefficient (Wildman–Crippen LogP) is 12.8. The smallest absolute Gasteiger partial charge is 0.0911 e. The lowest BCUT2D eigenvalue weighted by Gasteiger charge is -2.35. The minimum Gasteiger partial charge on any atom is -0.0911 e. The van der Waals surface area contributed by atoms with Crippen LogP contribution in [0.5, 0.6) is 0 Å². The molecular formula is C53H37BS2. The maximum atomic E-state index is 2.51. The van der Waals surface area contributed by atoms with Crippen LogP contribution in [-0.2, 0) is 5.41 Å². The summed E-state index contributed by atoms with van der Waals surface area (Å²) >= 11 is 3.87. The zero-order valence-corrected chi connectivity index (χ0v) is 32.9. The van der Waals surface area contributed by atoms with Crippen molar-refractivity contribution in [2.45, 2.75) is 38.8 Å². The van der Waals surface area contributed by atoms with Gasteiger partial charge in [0.1, 0.15) is 0 Å². The Kier molecular flexibility index (Phi) is 7.91. The largest absolute Gasteiger partial charge is 0.247 e. The molecule has 0 aromatic heterocycles. The number of hydrogen-bond acceptors (Lipinski definition) is 2. The molecule has 0 radical (unpaired) electrons. The molecule has 3 heteroatoms. The van der Waals surface area contributed by atoms with Gasteiger partial charge in [-0.3, -0.25) is 0 Å². The number of rotatable bonds is 5. The molecule has 2 aliphatic heterocycles. The SMILES string of the molecule is CC(C)(c1ccccc1)c1ccc2c(c1)B1c3ccccc3Sc3cc(-c4cccc(-c5c6ccccc6c(-c6ccccc6)c6ccccc56)c4)cc(c31)S2. The molecule has 0 N–H and O–H groups in total. The van der Waals surface area contributed by atoms with Crippen LogP contribution in [0.25, 0.3) is 54.9 Å². The summed E-state index contributed by atoms with van der Waals surface area (Å²) in [5.74, 6) is 0. The van der Waals surface area contributed by atoms with Crippen LogP contribution < -0.4 is 16.4 Å². The molecule has 11 rings (SSSR count). The molecule has 9 aromatic carbocycles. The van der Waals surface area contributed by atoms with Gasteiger partial charge in [0.2, 0.25) is 6.71 Å². The van der Waals surface area contributed by atoms with Crippen molar-refractivity contribution >= 4 is 68.2 Å². The Morgan fingerprint density at radius 2 is 0.875 bits per heavy atom. The Morgan fingerprint density at radius 1 is 0.357 bits per heavy atom. The highest BCUT2D eigenvalue weighted by molar-refractivity contribution is 8.01. The molecule has 264 valence electrons. The molecule has 0 saturated carbocycles. The zero-order chi connectivity index (χ0) is 37.4. The standard InChI is InChI=1S/C53H37BS2/c1-53(2,38-20-7-4-8-21-38)39-28-29-47-45(33-39)54-44-26-13-14-27-46(44)55-48-31-37(32-49(56-47)52(48)54)35-18-15-19-36(30-35)51-42-24-11-9-22-40(42)50(34-16-5-3-6-17-34)41-23-10-12-25-43(41)51/h3-33H,1-2H3. The van der Waals surface area contributed by atoms with Crippen LogP contribution in [0, 0.1) is 0 Å². The fourth-order valence-corrected chi connectivity index (χ4v) is 11.7. The van der Waals surface area contributed by atoms with Crippen LogP contribution in [0.3, 0.4) is 0 Å². The first kappa shape index (κ1) is 33.6. The van der Waals surface area contributed by atoms with E-state index < -0.39 is 0 Å². The average molecular weight is 749 g/mol. The molecule has 0 unspecified atom stereocenters. The van der Waals surface area contributed by atoms with Crippen molar-refractivity contribution in [3.63, 3.8) is 0 Å². The Balaban J connectivity index is 1.06. The number of fused-ring (bicyclic) bond motifs is 6. The van der Waals surface area contributed by atoms with E-state index in [1.165, 1.54) is 102 Å². The van der Waals surface area contributed by atoms with Gasteiger partial charge in [-0.05, 0) is 102 Å². The van der Waals surface area contributed by atoms with E-state index in [1.807, 2.05) is 23.5 Å². The van der Waals surface area contributed by atoms with Crippen molar-refractivity contribution in [1.29, 1.82) is 0 Å². The number of benzene rings is 9. The third-order valence-corrected chi connectivity index (χ3v) is 14.4. The molecule has 9 aromatic rings. The van der Waals surface area contributed by atoms with E-state index in [0.29, 0.717) is 0 Å². The molecule has 0 amide bonds. The molecule has 0 spiro atoms. The molecule has 0 aliphatic carbocycles. The van der Waals surface area contributed by atoms with Gasteiger partial charge in [0.25, 0.3) is 0 Å². The summed E-state index contributed by atoms with van der Waals surface area (Å²) in [7, 11) is 0. The molecule has 56 heavy (non-hydrogen) atoms. The molecule has 0 atom stereocenters. The van der Waals surface area contributed by atoms with E-state index >= 15 is 0 Å². The molecule has 0 fully saturated rings. The van der Waals surface area contributed by atoms with E-state index in [2.05, 4.69) is 202 Å². The van der Waals surface area contributed by atoms with Crippen molar-refractivity contribution in [2.75, 3.05) is 0 Å². The van der Waals surface area contributed by atoms with Crippen LogP contribution in [0.1, 0.15) is 25.0 Å². The lowest BCUT2D eigenvalue weighted by atomic mass is 9.36. The van der Waals surface area contributed by atoms with Gasteiger partial charge in [-0.2, -0.15) is 0 Å². The van der Waals surface area contributed by atoms with Gasteiger partial charge in [0.05, 0.1) is 0 Å². The highest BCUT2D eigenvalue weighted by Gasteiger charge is 2.39. The van der Waals surface area contributed by atoms with Crippen LogP contribution in [0.15, 0.2) is 208 Å². The van der Waals surface area contributed by atoms with Gasteiger partial charge in [0, 0.05) is 25.0 Å². The van der Waals surface area contributed by atoms with Crippen LogP contribution >= 0.6 is 23.5 Å². The van der Waals surface area contributed by atoms with Crippen molar-refractivity contribution in [3.8, 4) is 33.4 Å². The summed E-state index contributed by atoms with van der Waals surface area (Å²) in [4.78, 5) is 5.43. The van der Waals surface area contributed by atoms with Gasteiger partial charge in [-0.25, -0.2) is 0 Å². The second-order valence-electron chi connectivity index (χ2n) is 15.6. The van der Waals surface area contributed by atoms with Crippen LogP contribution in [0.4, 0.5) is 0 Å². The summed E-state index contributed by atoms with van der Waals surface area (Å²) in [5, 5.41) is 5.12. The quantitative estimate of drug-likeness (QED) is 0.127. The highest BCUT2D eigenvalue weighted by Crippen LogP contribution is 2.46. The lowest BCUT2D eigenvalue weighted by Crippen LogP contribution is -2.58. The summed E-state index contributed by atoms with van der Waals surface area (Å²) in [6, 6.07) is 70.2. The van der Waals surface area contributed by atoms with Gasteiger partial charge in [-0.15, -0.1) is 0 Å². The number of hydrogen-bond donors (Lipinski definition) is 0. The van der Waals surface area contributed by atoms with Crippen molar-refractivity contribution in [2.24, 2.45) is 0 Å². The van der Waals surface area contributed by atoms with Gasteiger partial charge >= 0.3 is 0 Å². The molecule has 2 aliphatic rings. The van der Waals surface area contributed by atoms with Crippen molar-refractivity contribution < 1.29 is 0 Å². The molecule has 2 heterocycles. The first-order chi connectivity index (χ1) is 27.5.